The molecule has 194 valence electrons. The Labute approximate surface area is 225 Å². The summed E-state index contributed by atoms with van der Waals surface area (Å²) in [6.45, 7) is 8.38. The third-order valence-corrected chi connectivity index (χ3v) is 7.07. The molecule has 0 aliphatic carbocycles. The molecule has 3 aromatic carbocycles. The second-order valence-electron chi connectivity index (χ2n) is 11.1. The van der Waals surface area contributed by atoms with E-state index in [4.69, 9.17) is 0 Å². The van der Waals surface area contributed by atoms with Gasteiger partial charge in [0.15, 0.2) is 0 Å². The van der Waals surface area contributed by atoms with E-state index in [0.717, 1.165) is 43.0 Å². The number of aromatic amines is 2. The lowest BCUT2D eigenvalue weighted by Crippen LogP contribution is -2.11. The summed E-state index contributed by atoms with van der Waals surface area (Å²) in [6.07, 6.45) is 8.53. The number of H-pyrrole nitrogens is 2. The van der Waals surface area contributed by atoms with E-state index in [1.807, 2.05) is 12.4 Å². The maximum Gasteiger partial charge on any atom is 0.0566 e. The Kier molecular flexibility index (Phi) is 7.88. The maximum atomic E-state index is 4.67. The number of fused-ring (bicyclic) bond motifs is 3. The molecule has 4 heteroatoms. The van der Waals surface area contributed by atoms with E-state index >= 15 is 0 Å². The van der Waals surface area contributed by atoms with Crippen molar-refractivity contribution in [3.63, 3.8) is 0 Å². The number of hydrogen-bond acceptors (Lipinski definition) is 2. The van der Waals surface area contributed by atoms with Gasteiger partial charge in [-0.1, -0.05) is 82.1 Å². The number of aromatic nitrogens is 2. The van der Waals surface area contributed by atoms with Crippen molar-refractivity contribution < 1.29 is 0 Å². The molecule has 5 aromatic rings. The largest absolute Gasteiger partial charge is 0.357 e. The van der Waals surface area contributed by atoms with Gasteiger partial charge in [-0.3, -0.25) is 9.98 Å². The van der Waals surface area contributed by atoms with E-state index < -0.39 is 0 Å². The fraction of sp³-hybridized carbons (Fsp3) is 0.294. The minimum absolute atomic E-state index is 0.143. The van der Waals surface area contributed by atoms with Crippen LogP contribution >= 0.6 is 0 Å². The van der Waals surface area contributed by atoms with Gasteiger partial charge in [-0.25, -0.2) is 0 Å². The SMILES string of the molecule is CC(C)(C)c1ccc(C=NCCCCCCN=Cc2ccc(-c3cc4ccccc4c4ccccc34)[nH]2)[nH]1. The first-order valence-corrected chi connectivity index (χ1v) is 13.8. The summed E-state index contributed by atoms with van der Waals surface area (Å²) in [7, 11) is 0. The third kappa shape index (κ3) is 6.13. The van der Waals surface area contributed by atoms with Crippen molar-refractivity contribution in [2.45, 2.75) is 51.9 Å². The summed E-state index contributed by atoms with van der Waals surface area (Å²) in [5, 5.41) is 5.11. The van der Waals surface area contributed by atoms with Gasteiger partial charge in [-0.15, -0.1) is 0 Å². The zero-order valence-corrected chi connectivity index (χ0v) is 22.8. The Balaban J connectivity index is 1.08. The molecule has 4 nitrogen and oxygen atoms in total. The highest BCUT2D eigenvalue weighted by Gasteiger charge is 2.14. The zero-order valence-electron chi connectivity index (χ0n) is 22.8. The molecule has 0 unspecified atom stereocenters. The average Bonchev–Trinajstić information content (AvgIpc) is 3.59. The molecule has 0 amide bonds. The quantitative estimate of drug-likeness (QED) is 0.109. The van der Waals surface area contributed by atoms with Crippen molar-refractivity contribution >= 4 is 34.0 Å². The van der Waals surface area contributed by atoms with Crippen molar-refractivity contribution in [2.24, 2.45) is 9.98 Å². The number of rotatable bonds is 10. The standard InChI is InChI=1S/C34H38N4/c1-34(2,3)33-19-17-27(38-33)24-36-21-11-5-4-10-20-35-23-26-16-18-32(37-26)31-22-25-12-6-7-13-28(25)29-14-8-9-15-30(29)31/h6-9,12-19,22-24,37-38H,4-5,10-11,20-21H2,1-3H3. The van der Waals surface area contributed by atoms with Crippen molar-refractivity contribution in [2.75, 3.05) is 13.1 Å². The zero-order chi connectivity index (χ0) is 26.4. The van der Waals surface area contributed by atoms with Crippen LogP contribution in [0.1, 0.15) is 63.5 Å². The first-order chi connectivity index (χ1) is 18.5. The predicted octanol–water partition coefficient (Wildman–Crippen LogP) is 8.71. The summed E-state index contributed by atoms with van der Waals surface area (Å²) in [5.74, 6) is 0. The van der Waals surface area contributed by atoms with Crippen LogP contribution in [-0.4, -0.2) is 35.5 Å². The van der Waals surface area contributed by atoms with Crippen LogP contribution in [0.2, 0.25) is 0 Å². The van der Waals surface area contributed by atoms with Gasteiger partial charge in [-0.2, -0.15) is 0 Å². The van der Waals surface area contributed by atoms with E-state index in [2.05, 4.69) is 120 Å². The van der Waals surface area contributed by atoms with Crippen LogP contribution in [0.4, 0.5) is 0 Å². The molecule has 0 saturated heterocycles. The van der Waals surface area contributed by atoms with Gasteiger partial charge in [0.25, 0.3) is 0 Å². The molecule has 0 bridgehead atoms. The summed E-state index contributed by atoms with van der Waals surface area (Å²) < 4.78 is 0. The smallest absolute Gasteiger partial charge is 0.0566 e. The number of unbranched alkanes of at least 4 members (excludes halogenated alkanes) is 3. The van der Waals surface area contributed by atoms with Crippen LogP contribution in [0.15, 0.2) is 88.8 Å². The first-order valence-electron chi connectivity index (χ1n) is 13.8. The lowest BCUT2D eigenvalue weighted by atomic mass is 9.93. The molecule has 2 heterocycles. The fourth-order valence-electron chi connectivity index (χ4n) is 4.93. The Morgan fingerprint density at radius 3 is 1.92 bits per heavy atom. The van der Waals surface area contributed by atoms with E-state index in [1.165, 1.54) is 45.6 Å². The highest BCUT2D eigenvalue weighted by Crippen LogP contribution is 2.34. The van der Waals surface area contributed by atoms with Gasteiger partial charge in [-0.05, 0) is 64.7 Å². The molecule has 2 N–H and O–H groups in total. The van der Waals surface area contributed by atoms with Gasteiger partial charge < -0.3 is 9.97 Å². The molecule has 38 heavy (non-hydrogen) atoms. The molecular weight excluding hydrogens is 464 g/mol. The Morgan fingerprint density at radius 1 is 0.632 bits per heavy atom. The van der Waals surface area contributed by atoms with Crippen LogP contribution < -0.4 is 0 Å². The van der Waals surface area contributed by atoms with Gasteiger partial charge in [0.1, 0.15) is 0 Å². The van der Waals surface area contributed by atoms with E-state index in [0.29, 0.717) is 0 Å². The third-order valence-electron chi connectivity index (χ3n) is 7.07. The predicted molar refractivity (Wildman–Crippen MR) is 164 cm³/mol. The van der Waals surface area contributed by atoms with Crippen LogP contribution in [0.3, 0.4) is 0 Å². The van der Waals surface area contributed by atoms with Crippen LogP contribution in [0, 0.1) is 0 Å². The van der Waals surface area contributed by atoms with Gasteiger partial charge >= 0.3 is 0 Å². The monoisotopic (exact) mass is 502 g/mol. The molecule has 0 atom stereocenters. The molecular formula is C34H38N4. The molecule has 0 radical (unpaired) electrons. The molecule has 0 spiro atoms. The number of benzene rings is 3. The second kappa shape index (κ2) is 11.6. The normalized spacial score (nSPS) is 12.5. The van der Waals surface area contributed by atoms with Crippen molar-refractivity contribution in [1.29, 1.82) is 0 Å². The lowest BCUT2D eigenvalue weighted by Gasteiger charge is -2.15. The Bertz CT molecular complexity index is 1560. The van der Waals surface area contributed by atoms with Crippen molar-refractivity contribution in [3.05, 3.63) is 95.9 Å². The van der Waals surface area contributed by atoms with E-state index in [-0.39, 0.29) is 5.41 Å². The number of hydrogen-bond donors (Lipinski definition) is 2. The van der Waals surface area contributed by atoms with Crippen molar-refractivity contribution in [3.8, 4) is 11.3 Å². The first kappa shape index (κ1) is 25.7. The summed E-state index contributed by atoms with van der Waals surface area (Å²) in [5.41, 5.74) is 5.88. The summed E-state index contributed by atoms with van der Waals surface area (Å²) >= 11 is 0. The average molecular weight is 503 g/mol. The Morgan fingerprint density at radius 2 is 1.24 bits per heavy atom. The van der Waals surface area contributed by atoms with Crippen molar-refractivity contribution in [1.82, 2.24) is 9.97 Å². The molecule has 5 rings (SSSR count). The molecule has 0 saturated carbocycles. The number of aliphatic imine (C=N–C) groups is 2. The van der Waals surface area contributed by atoms with Gasteiger partial charge in [0, 0.05) is 47.9 Å². The molecule has 0 aliphatic rings. The maximum absolute atomic E-state index is 4.67. The molecule has 0 aliphatic heterocycles. The summed E-state index contributed by atoms with van der Waals surface area (Å²) in [6, 6.07) is 28.1. The topological polar surface area (TPSA) is 56.3 Å². The van der Waals surface area contributed by atoms with Crippen LogP contribution in [0.25, 0.3) is 32.8 Å². The minimum Gasteiger partial charge on any atom is -0.357 e. The summed E-state index contributed by atoms with van der Waals surface area (Å²) in [4.78, 5) is 16.3. The molecule has 2 aromatic heterocycles. The highest BCUT2D eigenvalue weighted by molar-refractivity contribution is 6.13. The van der Waals surface area contributed by atoms with Crippen LogP contribution in [0.5, 0.6) is 0 Å². The Hall–Kier alpha value is -3.92. The fourth-order valence-corrected chi connectivity index (χ4v) is 4.93. The minimum atomic E-state index is 0.143. The molecule has 0 fully saturated rings. The van der Waals surface area contributed by atoms with E-state index in [9.17, 15) is 0 Å². The number of nitrogens with zero attached hydrogens (tertiary/aromatic N) is 2. The number of nitrogens with one attached hydrogen (secondary N) is 2. The van der Waals surface area contributed by atoms with Gasteiger partial charge in [0.2, 0.25) is 0 Å². The lowest BCUT2D eigenvalue weighted by molar-refractivity contribution is 0.572. The van der Waals surface area contributed by atoms with Crippen LogP contribution in [-0.2, 0) is 5.41 Å². The second-order valence-corrected chi connectivity index (χ2v) is 11.1. The van der Waals surface area contributed by atoms with E-state index in [1.54, 1.807) is 0 Å². The highest BCUT2D eigenvalue weighted by atomic mass is 14.8. The van der Waals surface area contributed by atoms with Gasteiger partial charge in [0.05, 0.1) is 11.4 Å².